The Labute approximate surface area is 151 Å². The molecule has 1 aromatic carbocycles. The number of nitrogens with one attached hydrogen (secondary N) is 1. The zero-order valence-electron chi connectivity index (χ0n) is 14.9. The van der Waals surface area contributed by atoms with Crippen molar-refractivity contribution < 1.29 is 19.5 Å². The number of carbonyl (C=O) groups is 3. The Morgan fingerprint density at radius 1 is 1.23 bits per heavy atom. The van der Waals surface area contributed by atoms with E-state index in [1.165, 1.54) is 0 Å². The van der Waals surface area contributed by atoms with E-state index in [9.17, 15) is 14.4 Å². The molecule has 140 valence electrons. The molecule has 8 heteroatoms. The minimum Gasteiger partial charge on any atom is -0.481 e. The minimum absolute atomic E-state index is 0.0984. The average Bonchev–Trinajstić information content (AvgIpc) is 2.94. The number of nitrogens with zero attached hydrogens (tertiary/aromatic N) is 2. The van der Waals surface area contributed by atoms with Gasteiger partial charge in [0.1, 0.15) is 6.04 Å². The number of aryl methyl sites for hydroxylation is 1. The number of carbonyl (C=O) groups excluding carboxylic acids is 2. The number of hydrogen-bond acceptors (Lipinski definition) is 4. The minimum atomic E-state index is -0.832. The van der Waals surface area contributed by atoms with Crippen molar-refractivity contribution in [1.82, 2.24) is 15.1 Å². The van der Waals surface area contributed by atoms with Crippen LogP contribution in [0.5, 0.6) is 0 Å². The van der Waals surface area contributed by atoms with Crippen LogP contribution in [0.1, 0.15) is 43.6 Å². The Morgan fingerprint density at radius 3 is 2.54 bits per heavy atom. The molecular weight excluding hydrogens is 336 g/mol. The Hall–Kier alpha value is -2.90. The summed E-state index contributed by atoms with van der Waals surface area (Å²) in [6.07, 6.45) is 1.26. The molecule has 26 heavy (non-hydrogen) atoms. The van der Waals surface area contributed by atoms with Crippen LogP contribution in [0.2, 0.25) is 0 Å². The van der Waals surface area contributed by atoms with E-state index in [-0.39, 0.29) is 18.0 Å². The van der Waals surface area contributed by atoms with Gasteiger partial charge >= 0.3 is 5.97 Å². The van der Waals surface area contributed by atoms with Crippen LogP contribution >= 0.6 is 0 Å². The highest BCUT2D eigenvalue weighted by molar-refractivity contribution is 6.06. The summed E-state index contributed by atoms with van der Waals surface area (Å²) in [4.78, 5) is 34.8. The zero-order chi connectivity index (χ0) is 19.3. The van der Waals surface area contributed by atoms with Crippen LogP contribution in [-0.2, 0) is 16.1 Å². The number of hydrogen-bond donors (Lipinski definition) is 3. The molecule has 1 unspecified atom stereocenters. The number of nitrogens with two attached hydrogens (primary N) is 1. The smallest absolute Gasteiger partial charge is 0.303 e. The second-order valence-corrected chi connectivity index (χ2v) is 6.54. The van der Waals surface area contributed by atoms with Crippen molar-refractivity contribution >= 4 is 28.7 Å². The van der Waals surface area contributed by atoms with Gasteiger partial charge in [-0.1, -0.05) is 32.0 Å². The molecule has 0 radical (unpaired) electrons. The number of carboxylic acids is 1. The maximum absolute atomic E-state index is 12.6. The molecule has 0 aliphatic rings. The molecule has 0 fully saturated rings. The summed E-state index contributed by atoms with van der Waals surface area (Å²) in [5.41, 5.74) is 6.37. The van der Waals surface area contributed by atoms with E-state index in [4.69, 9.17) is 10.8 Å². The van der Waals surface area contributed by atoms with E-state index in [1.54, 1.807) is 24.6 Å². The first-order valence-electron chi connectivity index (χ1n) is 8.58. The summed E-state index contributed by atoms with van der Waals surface area (Å²) in [6.45, 7) is 4.11. The quantitative estimate of drug-likeness (QED) is 0.584. The van der Waals surface area contributed by atoms with Crippen molar-refractivity contribution in [2.75, 3.05) is 0 Å². The number of benzene rings is 1. The number of amides is 2. The fourth-order valence-corrected chi connectivity index (χ4v) is 2.78. The van der Waals surface area contributed by atoms with Gasteiger partial charge in [0.2, 0.25) is 5.91 Å². The normalized spacial score (nSPS) is 12.3. The lowest BCUT2D eigenvalue weighted by atomic mass is 10.0. The van der Waals surface area contributed by atoms with Gasteiger partial charge in [-0.2, -0.15) is 5.10 Å². The lowest BCUT2D eigenvalue weighted by molar-refractivity contribution is -0.137. The SMILES string of the molecule is CC(C)C(NC(=O)c1nn(CCCCC(=O)O)c2ccccc12)C(N)=O. The van der Waals surface area contributed by atoms with E-state index >= 15 is 0 Å². The van der Waals surface area contributed by atoms with Gasteiger partial charge in [0.05, 0.1) is 5.52 Å². The maximum atomic E-state index is 12.6. The topological polar surface area (TPSA) is 127 Å². The van der Waals surface area contributed by atoms with Gasteiger partial charge in [-0.05, 0) is 24.8 Å². The van der Waals surface area contributed by atoms with E-state index in [2.05, 4.69) is 10.4 Å². The molecule has 1 atom stereocenters. The summed E-state index contributed by atoms with van der Waals surface area (Å²) < 4.78 is 1.70. The summed E-state index contributed by atoms with van der Waals surface area (Å²) in [5, 5.41) is 16.4. The first kappa shape index (κ1) is 19.4. The second-order valence-electron chi connectivity index (χ2n) is 6.54. The van der Waals surface area contributed by atoms with Crippen molar-refractivity contribution in [3.8, 4) is 0 Å². The summed E-state index contributed by atoms with van der Waals surface area (Å²) >= 11 is 0. The Bertz CT molecular complexity index is 813. The van der Waals surface area contributed by atoms with Crippen LogP contribution in [0.15, 0.2) is 24.3 Å². The molecule has 4 N–H and O–H groups in total. The predicted molar refractivity (Wildman–Crippen MR) is 96.5 cm³/mol. The number of para-hydroxylation sites is 1. The second kappa shape index (κ2) is 8.46. The van der Waals surface area contributed by atoms with Crippen molar-refractivity contribution in [3.05, 3.63) is 30.0 Å². The fourth-order valence-electron chi connectivity index (χ4n) is 2.78. The third-order valence-corrected chi connectivity index (χ3v) is 4.14. The van der Waals surface area contributed by atoms with Crippen LogP contribution in [-0.4, -0.2) is 38.7 Å². The zero-order valence-corrected chi connectivity index (χ0v) is 14.9. The van der Waals surface area contributed by atoms with E-state index < -0.39 is 23.8 Å². The standard InChI is InChI=1S/C18H24N4O4/c1-11(2)15(17(19)25)20-18(26)16-12-7-3-4-8-13(12)22(21-16)10-6-5-9-14(23)24/h3-4,7-8,11,15H,5-6,9-10H2,1-2H3,(H2,19,25)(H,20,26)(H,23,24). The molecule has 1 aromatic heterocycles. The Kier molecular flexibility index (Phi) is 6.32. The van der Waals surface area contributed by atoms with E-state index in [1.807, 2.05) is 18.2 Å². The van der Waals surface area contributed by atoms with Crippen molar-refractivity contribution in [3.63, 3.8) is 0 Å². The molecule has 1 heterocycles. The van der Waals surface area contributed by atoms with Crippen LogP contribution in [0.4, 0.5) is 0 Å². The largest absolute Gasteiger partial charge is 0.481 e. The van der Waals surface area contributed by atoms with Gasteiger partial charge in [0, 0.05) is 18.4 Å². The van der Waals surface area contributed by atoms with Crippen molar-refractivity contribution in [1.29, 1.82) is 0 Å². The highest BCUT2D eigenvalue weighted by Gasteiger charge is 2.25. The number of aliphatic carboxylic acids is 1. The number of carboxylic acid groups (broad SMARTS) is 1. The molecule has 0 saturated heterocycles. The number of aromatic nitrogens is 2. The monoisotopic (exact) mass is 360 g/mol. The van der Waals surface area contributed by atoms with Gasteiger partial charge < -0.3 is 16.2 Å². The van der Waals surface area contributed by atoms with Crippen LogP contribution < -0.4 is 11.1 Å². The van der Waals surface area contributed by atoms with Gasteiger partial charge in [-0.25, -0.2) is 0 Å². The summed E-state index contributed by atoms with van der Waals surface area (Å²) in [6, 6.07) is 6.52. The molecule has 0 bridgehead atoms. The van der Waals surface area contributed by atoms with Crippen molar-refractivity contribution in [2.24, 2.45) is 11.7 Å². The molecule has 0 aliphatic heterocycles. The van der Waals surface area contributed by atoms with Gasteiger partial charge in [0.25, 0.3) is 5.91 Å². The molecule has 2 amide bonds. The third-order valence-electron chi connectivity index (χ3n) is 4.14. The first-order valence-corrected chi connectivity index (χ1v) is 8.58. The van der Waals surface area contributed by atoms with Crippen molar-refractivity contribution in [2.45, 2.75) is 45.7 Å². The molecule has 0 aliphatic carbocycles. The van der Waals surface area contributed by atoms with E-state index in [0.717, 1.165) is 5.52 Å². The van der Waals surface area contributed by atoms with E-state index in [0.29, 0.717) is 24.8 Å². The van der Waals surface area contributed by atoms with Crippen LogP contribution in [0, 0.1) is 5.92 Å². The third kappa shape index (κ3) is 4.59. The summed E-state index contributed by atoms with van der Waals surface area (Å²) in [7, 11) is 0. The highest BCUT2D eigenvalue weighted by Crippen LogP contribution is 2.19. The lowest BCUT2D eigenvalue weighted by Gasteiger charge is -2.18. The average molecular weight is 360 g/mol. The maximum Gasteiger partial charge on any atom is 0.303 e. The predicted octanol–water partition coefficient (Wildman–Crippen LogP) is 1.53. The van der Waals surface area contributed by atoms with Gasteiger partial charge in [-0.15, -0.1) is 0 Å². The Morgan fingerprint density at radius 2 is 1.92 bits per heavy atom. The summed E-state index contributed by atoms with van der Waals surface area (Å²) in [5.74, 6) is -2.02. The molecule has 0 spiro atoms. The molecule has 0 saturated carbocycles. The first-order chi connectivity index (χ1) is 12.3. The van der Waals surface area contributed by atoms with Gasteiger partial charge in [0.15, 0.2) is 5.69 Å². The van der Waals surface area contributed by atoms with Crippen LogP contribution in [0.3, 0.4) is 0 Å². The number of primary amides is 1. The Balaban J connectivity index is 2.23. The fraction of sp³-hybridized carbons (Fsp3) is 0.444. The number of fused-ring (bicyclic) bond motifs is 1. The highest BCUT2D eigenvalue weighted by atomic mass is 16.4. The molecule has 8 nitrogen and oxygen atoms in total. The number of unbranched alkanes of at least 4 members (excludes halogenated alkanes) is 1. The number of rotatable bonds is 9. The lowest BCUT2D eigenvalue weighted by Crippen LogP contribution is -2.47. The van der Waals surface area contributed by atoms with Gasteiger partial charge in [-0.3, -0.25) is 19.1 Å². The van der Waals surface area contributed by atoms with Crippen LogP contribution in [0.25, 0.3) is 10.9 Å². The molecule has 2 aromatic rings. The molecule has 2 rings (SSSR count). The molecular formula is C18H24N4O4.